The number of piperidine rings is 1. The maximum atomic E-state index is 12.2. The molecule has 3 unspecified atom stereocenters. The fourth-order valence-electron chi connectivity index (χ4n) is 3.25. The van der Waals surface area contributed by atoms with Crippen molar-refractivity contribution in [1.29, 1.82) is 0 Å². The van der Waals surface area contributed by atoms with E-state index >= 15 is 0 Å². The highest BCUT2D eigenvalue weighted by Crippen LogP contribution is 2.22. The van der Waals surface area contributed by atoms with Gasteiger partial charge in [-0.1, -0.05) is 0 Å². The number of carbonyl (C=O) groups is 1. The zero-order valence-corrected chi connectivity index (χ0v) is 16.7. The van der Waals surface area contributed by atoms with Gasteiger partial charge in [0.1, 0.15) is 24.2 Å². The van der Waals surface area contributed by atoms with Crippen LogP contribution in [0.2, 0.25) is 0 Å². The topological polar surface area (TPSA) is 107 Å². The zero-order chi connectivity index (χ0) is 20.3. The van der Waals surface area contributed by atoms with E-state index in [2.05, 4.69) is 15.2 Å². The van der Waals surface area contributed by atoms with Gasteiger partial charge in [-0.15, -0.1) is 0 Å². The molecule has 9 heteroatoms. The van der Waals surface area contributed by atoms with Crippen LogP contribution in [0.25, 0.3) is 0 Å². The van der Waals surface area contributed by atoms with E-state index in [9.17, 15) is 15.0 Å². The summed E-state index contributed by atoms with van der Waals surface area (Å²) in [4.78, 5) is 20.4. The number of anilines is 1. The van der Waals surface area contributed by atoms with E-state index in [1.807, 2.05) is 26.8 Å². The summed E-state index contributed by atoms with van der Waals surface area (Å²) in [6.45, 7) is 8.17. The summed E-state index contributed by atoms with van der Waals surface area (Å²) in [5.41, 5.74) is 0.460. The van der Waals surface area contributed by atoms with E-state index < -0.39 is 24.2 Å². The second-order valence-corrected chi connectivity index (χ2v) is 8.17. The average molecular weight is 394 g/mol. The molecule has 0 radical (unpaired) electrons. The normalized spacial score (nSPS) is 26.1. The van der Waals surface area contributed by atoms with Gasteiger partial charge in [0.05, 0.1) is 11.9 Å². The Morgan fingerprint density at radius 1 is 1.18 bits per heavy atom. The molecule has 0 spiro atoms. The Hall–Kier alpha value is -2.10. The summed E-state index contributed by atoms with van der Waals surface area (Å²) in [7, 11) is 0. The molecule has 0 aromatic carbocycles. The van der Waals surface area contributed by atoms with Crippen LogP contribution in [0.3, 0.4) is 0 Å². The summed E-state index contributed by atoms with van der Waals surface area (Å²) in [5, 5.41) is 22.0. The van der Waals surface area contributed by atoms with E-state index in [0.29, 0.717) is 44.9 Å². The number of ether oxygens (including phenoxy) is 2. The number of aliphatic hydroxyl groups excluding tert-OH is 2. The van der Waals surface area contributed by atoms with Crippen LogP contribution in [0.4, 0.5) is 10.5 Å². The minimum atomic E-state index is -0.925. The molecule has 2 aliphatic heterocycles. The summed E-state index contributed by atoms with van der Waals surface area (Å²) < 4.78 is 11.2. The third kappa shape index (κ3) is 5.46. The summed E-state index contributed by atoms with van der Waals surface area (Å²) in [5.74, 6) is 0.429. The van der Waals surface area contributed by atoms with Gasteiger partial charge in [0, 0.05) is 32.2 Å². The van der Waals surface area contributed by atoms with Gasteiger partial charge in [0.15, 0.2) is 0 Å². The van der Waals surface area contributed by atoms with Gasteiger partial charge in [-0.05, 0) is 39.7 Å². The van der Waals surface area contributed by atoms with Crippen LogP contribution in [0, 0.1) is 0 Å². The number of hydrogen-bond acceptors (Lipinski definition) is 8. The SMILES string of the molecule is CC(C)(C)OC(=O)N1CCN(c2ccc(OC3CCC(O)NC3O)nc2)CC1. The van der Waals surface area contributed by atoms with Crippen molar-refractivity contribution in [3.05, 3.63) is 18.3 Å². The first-order chi connectivity index (χ1) is 13.2. The maximum Gasteiger partial charge on any atom is 0.410 e. The molecule has 2 fully saturated rings. The van der Waals surface area contributed by atoms with Gasteiger partial charge in [0.25, 0.3) is 0 Å². The average Bonchev–Trinajstić information content (AvgIpc) is 2.63. The van der Waals surface area contributed by atoms with E-state index in [1.54, 1.807) is 17.2 Å². The third-order valence-electron chi connectivity index (χ3n) is 4.73. The molecule has 3 N–H and O–H groups in total. The molecule has 3 atom stereocenters. The fourth-order valence-corrected chi connectivity index (χ4v) is 3.25. The standard InChI is InChI=1S/C19H30N4O5/c1-19(2,3)28-18(26)23-10-8-22(9-11-23)13-4-7-16(20-12-13)27-14-5-6-15(24)21-17(14)25/h4,7,12,14-15,17,21,24-25H,5-6,8-11H2,1-3H3. The Morgan fingerprint density at radius 2 is 1.89 bits per heavy atom. The molecule has 0 saturated carbocycles. The lowest BCUT2D eigenvalue weighted by atomic mass is 10.1. The van der Waals surface area contributed by atoms with Crippen molar-refractivity contribution in [2.45, 2.75) is 57.8 Å². The Bertz CT molecular complexity index is 655. The first-order valence-electron chi connectivity index (χ1n) is 9.69. The molecular formula is C19H30N4O5. The van der Waals surface area contributed by atoms with Crippen molar-refractivity contribution in [1.82, 2.24) is 15.2 Å². The van der Waals surface area contributed by atoms with E-state index in [0.717, 1.165) is 5.69 Å². The number of nitrogens with zero attached hydrogens (tertiary/aromatic N) is 3. The number of aliphatic hydroxyl groups is 2. The first kappa shape index (κ1) is 20.6. The van der Waals surface area contributed by atoms with Gasteiger partial charge in [-0.25, -0.2) is 9.78 Å². The van der Waals surface area contributed by atoms with Gasteiger partial charge in [-0.3, -0.25) is 5.32 Å². The molecule has 2 saturated heterocycles. The number of nitrogens with one attached hydrogen (secondary N) is 1. The largest absolute Gasteiger partial charge is 0.470 e. The van der Waals surface area contributed by atoms with Crippen molar-refractivity contribution in [2.75, 3.05) is 31.1 Å². The summed E-state index contributed by atoms with van der Waals surface area (Å²) >= 11 is 0. The van der Waals surface area contributed by atoms with Crippen LogP contribution in [0.15, 0.2) is 18.3 Å². The zero-order valence-electron chi connectivity index (χ0n) is 16.7. The Balaban J connectivity index is 1.50. The quantitative estimate of drug-likeness (QED) is 0.694. The highest BCUT2D eigenvalue weighted by atomic mass is 16.6. The number of pyridine rings is 1. The van der Waals surface area contributed by atoms with Crippen LogP contribution in [0.1, 0.15) is 33.6 Å². The molecule has 9 nitrogen and oxygen atoms in total. The van der Waals surface area contributed by atoms with Crippen molar-refractivity contribution < 1.29 is 24.5 Å². The van der Waals surface area contributed by atoms with Crippen molar-refractivity contribution in [3.63, 3.8) is 0 Å². The van der Waals surface area contributed by atoms with Crippen LogP contribution < -0.4 is 15.0 Å². The Morgan fingerprint density at radius 3 is 2.46 bits per heavy atom. The molecule has 3 rings (SSSR count). The fraction of sp³-hybridized carbons (Fsp3) is 0.684. The molecule has 3 heterocycles. The highest BCUT2D eigenvalue weighted by molar-refractivity contribution is 5.68. The van der Waals surface area contributed by atoms with Crippen molar-refractivity contribution in [2.24, 2.45) is 0 Å². The van der Waals surface area contributed by atoms with E-state index in [1.165, 1.54) is 0 Å². The summed E-state index contributed by atoms with van der Waals surface area (Å²) in [6.07, 6.45) is 0.442. The van der Waals surface area contributed by atoms with Crippen molar-refractivity contribution >= 4 is 11.8 Å². The minimum absolute atomic E-state index is 0.279. The van der Waals surface area contributed by atoms with Crippen LogP contribution in [-0.2, 0) is 4.74 Å². The molecule has 156 valence electrons. The molecule has 0 aliphatic carbocycles. The maximum absolute atomic E-state index is 12.2. The van der Waals surface area contributed by atoms with E-state index in [4.69, 9.17) is 9.47 Å². The van der Waals surface area contributed by atoms with Crippen molar-refractivity contribution in [3.8, 4) is 5.88 Å². The summed E-state index contributed by atoms with van der Waals surface area (Å²) in [6, 6.07) is 3.69. The van der Waals surface area contributed by atoms with Gasteiger partial charge >= 0.3 is 6.09 Å². The molecule has 1 aromatic rings. The Labute approximate surface area is 165 Å². The molecule has 1 amide bonds. The number of carbonyl (C=O) groups excluding carboxylic acids is 1. The molecule has 2 aliphatic rings. The number of aromatic nitrogens is 1. The molecule has 0 bridgehead atoms. The lowest BCUT2D eigenvalue weighted by Crippen LogP contribution is -2.52. The smallest absolute Gasteiger partial charge is 0.410 e. The minimum Gasteiger partial charge on any atom is -0.470 e. The van der Waals surface area contributed by atoms with Gasteiger partial charge < -0.3 is 29.5 Å². The van der Waals surface area contributed by atoms with Gasteiger partial charge in [-0.2, -0.15) is 0 Å². The number of amides is 1. The molecule has 1 aromatic heterocycles. The lowest BCUT2D eigenvalue weighted by molar-refractivity contribution is -0.0665. The molecule has 28 heavy (non-hydrogen) atoms. The predicted molar refractivity (Wildman–Crippen MR) is 103 cm³/mol. The number of piperazine rings is 1. The Kier molecular flexibility index (Phi) is 6.26. The highest BCUT2D eigenvalue weighted by Gasteiger charge is 2.29. The third-order valence-corrected chi connectivity index (χ3v) is 4.73. The van der Waals surface area contributed by atoms with E-state index in [-0.39, 0.29) is 6.09 Å². The van der Waals surface area contributed by atoms with Gasteiger partial charge in [0.2, 0.25) is 5.88 Å². The van der Waals surface area contributed by atoms with Crippen LogP contribution >= 0.6 is 0 Å². The second kappa shape index (κ2) is 8.50. The number of hydrogen-bond donors (Lipinski definition) is 3. The predicted octanol–water partition coefficient (Wildman–Crippen LogP) is 0.906. The first-order valence-corrected chi connectivity index (χ1v) is 9.69. The van der Waals surface area contributed by atoms with Crippen LogP contribution in [0.5, 0.6) is 5.88 Å². The number of rotatable bonds is 3. The molecular weight excluding hydrogens is 364 g/mol. The lowest BCUT2D eigenvalue weighted by Gasteiger charge is -2.36. The second-order valence-electron chi connectivity index (χ2n) is 8.17. The monoisotopic (exact) mass is 394 g/mol. The van der Waals surface area contributed by atoms with Crippen LogP contribution in [-0.4, -0.2) is 76.5 Å².